The van der Waals surface area contributed by atoms with Crippen molar-refractivity contribution in [1.29, 1.82) is 0 Å². The first-order valence-corrected chi connectivity index (χ1v) is 17.0. The van der Waals surface area contributed by atoms with Crippen LogP contribution in [0.5, 0.6) is 0 Å². The maximum absolute atomic E-state index is 14.1. The van der Waals surface area contributed by atoms with E-state index in [1.165, 1.54) is 55.3 Å². The fourth-order valence-corrected chi connectivity index (χ4v) is 8.16. The minimum Gasteiger partial charge on any atom is -0.379 e. The molecule has 44 heavy (non-hydrogen) atoms. The fraction of sp³-hybridized carbons (Fsp3) is 0.367. The minimum atomic E-state index is -3.99. The molecule has 5 aromatic rings. The Labute approximate surface area is 258 Å². The molecule has 0 atom stereocenters. The van der Waals surface area contributed by atoms with Crippen LogP contribution < -0.4 is 10.9 Å². The largest absolute Gasteiger partial charge is 0.379 e. The lowest BCUT2D eigenvalue weighted by atomic mass is 9.98. The van der Waals surface area contributed by atoms with Crippen molar-refractivity contribution in [3.05, 3.63) is 76.5 Å². The first-order valence-electron chi connectivity index (χ1n) is 14.7. The van der Waals surface area contributed by atoms with Crippen LogP contribution in [0.2, 0.25) is 0 Å². The van der Waals surface area contributed by atoms with E-state index in [-0.39, 0.29) is 21.2 Å². The highest BCUT2D eigenvalue weighted by atomic mass is 32.2. The summed E-state index contributed by atoms with van der Waals surface area (Å²) >= 11 is 1.00. The Kier molecular flexibility index (Phi) is 7.97. The van der Waals surface area contributed by atoms with Crippen LogP contribution in [-0.2, 0) is 21.3 Å². The van der Waals surface area contributed by atoms with Crippen molar-refractivity contribution in [2.75, 3.05) is 38.2 Å². The maximum Gasteiger partial charge on any atom is 0.280 e. The molecule has 1 aliphatic carbocycles. The molecule has 1 saturated carbocycles. The molecule has 1 N–H and O–H groups in total. The van der Waals surface area contributed by atoms with Gasteiger partial charge in [-0.15, -0.1) is 11.3 Å². The van der Waals surface area contributed by atoms with Gasteiger partial charge in [-0.1, -0.05) is 25.0 Å². The first-order chi connectivity index (χ1) is 21.5. The molecule has 7 rings (SSSR count). The number of ether oxygens (including phenoxy) is 1. The Balaban J connectivity index is 1.26. The number of fused-ring (bicyclic) bond motifs is 1. The van der Waals surface area contributed by atoms with Gasteiger partial charge < -0.3 is 10.1 Å². The monoisotopic (exact) mass is 632 g/mol. The Bertz CT molecular complexity index is 1930. The van der Waals surface area contributed by atoms with E-state index < -0.39 is 10.0 Å². The average molecular weight is 633 g/mol. The van der Waals surface area contributed by atoms with Gasteiger partial charge in [0.15, 0.2) is 10.0 Å². The number of hydrogen-bond donors (Lipinski definition) is 1. The zero-order chi connectivity index (χ0) is 30.1. The number of nitrogens with one attached hydrogen (secondary N) is 1. The molecule has 5 heterocycles. The van der Waals surface area contributed by atoms with Crippen molar-refractivity contribution in [2.45, 2.75) is 42.4 Å². The van der Waals surface area contributed by atoms with Crippen molar-refractivity contribution < 1.29 is 13.2 Å². The molecule has 2 fully saturated rings. The molecule has 0 radical (unpaired) electrons. The third kappa shape index (κ3) is 5.65. The highest BCUT2D eigenvalue weighted by Gasteiger charge is 2.26. The highest BCUT2D eigenvalue weighted by Crippen LogP contribution is 2.34. The van der Waals surface area contributed by atoms with Gasteiger partial charge in [-0.25, -0.2) is 13.9 Å². The molecule has 228 valence electrons. The Morgan fingerprint density at radius 1 is 1.02 bits per heavy atom. The zero-order valence-corrected chi connectivity index (χ0v) is 25.6. The summed E-state index contributed by atoms with van der Waals surface area (Å²) in [7, 11) is -3.99. The summed E-state index contributed by atoms with van der Waals surface area (Å²) in [4.78, 5) is 33.9. The second-order valence-electron chi connectivity index (χ2n) is 11.0. The number of pyridine rings is 1. The summed E-state index contributed by atoms with van der Waals surface area (Å²) in [5.41, 5.74) is 3.88. The van der Waals surface area contributed by atoms with E-state index in [0.29, 0.717) is 49.2 Å². The van der Waals surface area contributed by atoms with Crippen molar-refractivity contribution in [3.63, 3.8) is 0 Å². The highest BCUT2D eigenvalue weighted by molar-refractivity contribution is 7.92. The second-order valence-corrected chi connectivity index (χ2v) is 14.0. The van der Waals surface area contributed by atoms with Crippen LogP contribution in [0.4, 0.5) is 11.6 Å². The smallest absolute Gasteiger partial charge is 0.280 e. The molecule has 14 heteroatoms. The van der Waals surface area contributed by atoms with Gasteiger partial charge in [-0.3, -0.25) is 19.2 Å². The maximum atomic E-state index is 14.1. The third-order valence-corrected chi connectivity index (χ3v) is 11.2. The topological polar surface area (TPSA) is 137 Å². The molecule has 1 aliphatic heterocycles. The van der Waals surface area contributed by atoms with Crippen molar-refractivity contribution in [1.82, 2.24) is 33.4 Å². The SMILES string of the molecule is O=c1c(-c2nccn2S(=O)(=O)c2cncs2)cc2cnc(Nc3ccc(C4CCCC4)cc3)nc2n1CCN1CCOCC1. The molecular formula is C30H32N8O4S2. The summed E-state index contributed by atoms with van der Waals surface area (Å²) in [5, 5.41) is 3.88. The molecular weight excluding hydrogens is 601 g/mol. The number of hydrogen-bond acceptors (Lipinski definition) is 11. The van der Waals surface area contributed by atoms with Crippen LogP contribution in [-0.4, -0.2) is 74.6 Å². The molecule has 0 bridgehead atoms. The van der Waals surface area contributed by atoms with Crippen molar-refractivity contribution in [2.24, 2.45) is 0 Å². The van der Waals surface area contributed by atoms with Crippen LogP contribution >= 0.6 is 11.3 Å². The number of morpholine rings is 1. The van der Waals surface area contributed by atoms with E-state index >= 15 is 0 Å². The van der Waals surface area contributed by atoms with Gasteiger partial charge in [-0.2, -0.15) is 13.4 Å². The van der Waals surface area contributed by atoms with E-state index in [2.05, 4.69) is 37.3 Å². The normalized spacial score (nSPS) is 16.5. The number of benzene rings is 1. The summed E-state index contributed by atoms with van der Waals surface area (Å²) in [6, 6.07) is 10.0. The van der Waals surface area contributed by atoms with Crippen LogP contribution in [0.15, 0.2) is 69.6 Å². The Morgan fingerprint density at radius 2 is 1.82 bits per heavy atom. The van der Waals surface area contributed by atoms with Crippen LogP contribution in [0, 0.1) is 0 Å². The fourth-order valence-electron chi connectivity index (χ4n) is 5.98. The van der Waals surface area contributed by atoms with E-state index in [4.69, 9.17) is 9.72 Å². The van der Waals surface area contributed by atoms with Gasteiger partial charge in [0.1, 0.15) is 5.65 Å². The average Bonchev–Trinajstić information content (AvgIpc) is 3.85. The number of imidazole rings is 1. The van der Waals surface area contributed by atoms with Crippen molar-refractivity contribution >= 4 is 44.0 Å². The second kappa shape index (κ2) is 12.2. The summed E-state index contributed by atoms with van der Waals surface area (Å²) in [6.45, 7) is 3.75. The molecule has 0 spiro atoms. The predicted octanol–water partition coefficient (Wildman–Crippen LogP) is 4.08. The standard InChI is InChI=1S/C30H32N8O4S2/c39-29-25(28-32-9-10-38(28)44(40,41)26-19-31-20-43-26)17-23-18-33-30(34-24-7-5-22(6-8-24)21-3-1-2-4-21)35-27(23)37(29)12-11-36-13-15-42-16-14-36/h5-10,17-21H,1-4,11-16H2,(H,33,34,35). The molecule has 4 aromatic heterocycles. The molecule has 0 amide bonds. The van der Waals surface area contributed by atoms with E-state index in [1.54, 1.807) is 16.8 Å². The van der Waals surface area contributed by atoms with Gasteiger partial charge in [0.2, 0.25) is 5.95 Å². The molecule has 2 aliphatic rings. The van der Waals surface area contributed by atoms with Crippen molar-refractivity contribution in [3.8, 4) is 11.4 Å². The van der Waals surface area contributed by atoms with Crippen LogP contribution in [0.1, 0.15) is 37.2 Å². The Morgan fingerprint density at radius 3 is 2.57 bits per heavy atom. The number of nitrogens with zero attached hydrogens (tertiary/aromatic N) is 7. The first kappa shape index (κ1) is 28.8. The lowest BCUT2D eigenvalue weighted by Gasteiger charge is -2.27. The number of thiazole rings is 1. The van der Waals surface area contributed by atoms with Gasteiger partial charge >= 0.3 is 0 Å². The van der Waals surface area contributed by atoms with Gasteiger partial charge in [0, 0.05) is 55.8 Å². The van der Waals surface area contributed by atoms with Gasteiger partial charge in [0.05, 0.1) is 30.5 Å². The zero-order valence-electron chi connectivity index (χ0n) is 24.0. The van der Waals surface area contributed by atoms with Gasteiger partial charge in [-0.05, 0) is 42.5 Å². The minimum absolute atomic E-state index is 0.0231. The van der Waals surface area contributed by atoms with Crippen LogP contribution in [0.3, 0.4) is 0 Å². The van der Waals surface area contributed by atoms with E-state index in [1.807, 2.05) is 12.1 Å². The van der Waals surface area contributed by atoms with Gasteiger partial charge in [0.25, 0.3) is 15.6 Å². The lowest BCUT2D eigenvalue weighted by molar-refractivity contribution is 0.0364. The Hall–Kier alpha value is -3.98. The number of aromatic nitrogens is 6. The lowest BCUT2D eigenvalue weighted by Crippen LogP contribution is -2.39. The molecule has 0 unspecified atom stereocenters. The number of rotatable bonds is 9. The molecule has 12 nitrogen and oxygen atoms in total. The molecule has 1 aromatic carbocycles. The van der Waals surface area contributed by atoms with E-state index in [0.717, 1.165) is 34.1 Å². The summed E-state index contributed by atoms with van der Waals surface area (Å²) in [6.07, 6.45) is 10.7. The number of anilines is 2. The summed E-state index contributed by atoms with van der Waals surface area (Å²) in [5.74, 6) is 1.02. The molecule has 1 saturated heterocycles. The van der Waals surface area contributed by atoms with E-state index in [9.17, 15) is 13.2 Å². The third-order valence-electron chi connectivity index (χ3n) is 8.34. The quantitative estimate of drug-likeness (QED) is 0.253. The van der Waals surface area contributed by atoms with Crippen LogP contribution in [0.25, 0.3) is 22.4 Å². The predicted molar refractivity (Wildman–Crippen MR) is 168 cm³/mol. The summed E-state index contributed by atoms with van der Waals surface area (Å²) < 4.78 is 34.9.